The Kier molecular flexibility index (Phi) is 6.05. The van der Waals surface area contributed by atoms with Crippen LogP contribution >= 0.6 is 12.2 Å². The molecule has 0 radical (unpaired) electrons. The van der Waals surface area contributed by atoms with Gasteiger partial charge in [-0.15, -0.1) is 0 Å². The van der Waals surface area contributed by atoms with Crippen LogP contribution in [0.2, 0.25) is 0 Å². The molecular weight excluding hydrogens is 381 g/mol. The van der Waals surface area contributed by atoms with Crippen LogP contribution in [0.5, 0.6) is 11.5 Å². The van der Waals surface area contributed by atoms with E-state index in [-0.39, 0.29) is 5.82 Å². The van der Waals surface area contributed by atoms with Crippen LogP contribution in [0.4, 0.5) is 4.39 Å². The van der Waals surface area contributed by atoms with Crippen molar-refractivity contribution in [3.63, 3.8) is 0 Å². The number of methoxy groups -OCH3 is 2. The van der Waals surface area contributed by atoms with E-state index in [4.69, 9.17) is 21.7 Å². The normalized spacial score (nSPS) is 12.0. The van der Waals surface area contributed by atoms with Gasteiger partial charge in [0.25, 0.3) is 0 Å². The average molecular weight is 404 g/mol. The molecule has 7 nitrogen and oxygen atoms in total. The van der Waals surface area contributed by atoms with E-state index < -0.39 is 0 Å². The second kappa shape index (κ2) is 8.49. The van der Waals surface area contributed by atoms with Crippen molar-refractivity contribution in [1.82, 2.24) is 19.8 Å². The van der Waals surface area contributed by atoms with Gasteiger partial charge < -0.3 is 14.4 Å². The van der Waals surface area contributed by atoms with E-state index in [1.165, 1.54) is 16.8 Å². The molecule has 0 saturated heterocycles. The third-order valence-corrected chi connectivity index (χ3v) is 4.83. The number of ether oxygens (including phenoxy) is 2. The van der Waals surface area contributed by atoms with Crippen LogP contribution in [0, 0.1) is 17.5 Å². The highest BCUT2D eigenvalue weighted by molar-refractivity contribution is 7.71. The summed E-state index contributed by atoms with van der Waals surface area (Å²) in [5.74, 6) is 1.06. The number of hydrogen-bond acceptors (Lipinski definition) is 5. The standard InChI is InChI=1S/C19H22FN5O2S/c1-13-8-17(26-3)18(27-4)9-14(13)11-23(2)12-24-19(28)25(22-21-24)16-7-5-6-15(20)10-16/h5-10H,11-12H2,1-4H3/p+1. The Morgan fingerprint density at radius 1 is 1.11 bits per heavy atom. The lowest BCUT2D eigenvalue weighted by atomic mass is 10.1. The molecule has 0 saturated carbocycles. The first-order chi connectivity index (χ1) is 13.4. The topological polar surface area (TPSA) is 58.5 Å². The van der Waals surface area contributed by atoms with E-state index in [0.29, 0.717) is 28.6 Å². The van der Waals surface area contributed by atoms with Crippen LogP contribution in [0.25, 0.3) is 5.69 Å². The second-order valence-corrected chi connectivity index (χ2v) is 6.94. The Morgan fingerprint density at radius 3 is 2.50 bits per heavy atom. The third-order valence-electron chi connectivity index (χ3n) is 4.45. The van der Waals surface area contributed by atoms with Crippen LogP contribution in [-0.2, 0) is 13.2 Å². The molecule has 1 N–H and O–H groups in total. The molecule has 0 fully saturated rings. The van der Waals surface area contributed by atoms with Crippen LogP contribution in [0.1, 0.15) is 11.1 Å². The lowest BCUT2D eigenvalue weighted by Gasteiger charge is -2.17. The quantitative estimate of drug-likeness (QED) is 0.610. The Balaban J connectivity index is 1.78. The number of aryl methyl sites for hydroxylation is 1. The molecule has 0 aliphatic rings. The van der Waals surface area contributed by atoms with Gasteiger partial charge in [0.15, 0.2) is 18.2 Å². The van der Waals surface area contributed by atoms with Crippen molar-refractivity contribution < 1.29 is 18.8 Å². The molecule has 2 aromatic carbocycles. The van der Waals surface area contributed by atoms with E-state index in [9.17, 15) is 4.39 Å². The monoisotopic (exact) mass is 404 g/mol. The van der Waals surface area contributed by atoms with Crippen molar-refractivity contribution in [1.29, 1.82) is 0 Å². The van der Waals surface area contributed by atoms with Gasteiger partial charge in [-0.25, -0.2) is 4.39 Å². The van der Waals surface area contributed by atoms with Crippen molar-refractivity contribution in [2.24, 2.45) is 0 Å². The zero-order chi connectivity index (χ0) is 20.3. The molecule has 0 spiro atoms. The first-order valence-electron chi connectivity index (χ1n) is 8.74. The molecule has 0 amide bonds. The summed E-state index contributed by atoms with van der Waals surface area (Å²) >= 11 is 5.46. The number of rotatable bonds is 7. The molecule has 1 atom stereocenters. The average Bonchev–Trinajstić information content (AvgIpc) is 3.03. The molecule has 3 aromatic rings. The summed E-state index contributed by atoms with van der Waals surface area (Å²) in [4.78, 5) is 1.15. The van der Waals surface area contributed by atoms with Crippen molar-refractivity contribution in [2.75, 3.05) is 21.3 Å². The van der Waals surface area contributed by atoms with E-state index >= 15 is 0 Å². The second-order valence-electron chi connectivity index (χ2n) is 6.58. The number of aromatic nitrogens is 4. The number of tetrazole rings is 1. The lowest BCUT2D eigenvalue weighted by Crippen LogP contribution is -3.07. The molecule has 9 heteroatoms. The Hall–Kier alpha value is -2.78. The highest BCUT2D eigenvalue weighted by Crippen LogP contribution is 2.29. The summed E-state index contributed by atoms with van der Waals surface area (Å²) < 4.78 is 27.7. The molecular formula is C19H23FN5O2S+. The first-order valence-corrected chi connectivity index (χ1v) is 9.15. The number of benzene rings is 2. The maximum Gasteiger partial charge on any atom is 0.225 e. The molecule has 3 rings (SSSR count). The SMILES string of the molecule is COc1cc(C)c(C[NH+](C)Cn2nnn(-c3cccc(F)c3)c2=S)cc1OC. The zero-order valence-electron chi connectivity index (χ0n) is 16.3. The fourth-order valence-corrected chi connectivity index (χ4v) is 3.24. The smallest absolute Gasteiger partial charge is 0.225 e. The molecule has 28 heavy (non-hydrogen) atoms. The third kappa shape index (κ3) is 4.20. The van der Waals surface area contributed by atoms with Gasteiger partial charge in [0, 0.05) is 5.56 Å². The van der Waals surface area contributed by atoms with Gasteiger partial charge in [-0.05, 0) is 65.5 Å². The molecule has 148 valence electrons. The highest BCUT2D eigenvalue weighted by Gasteiger charge is 2.14. The summed E-state index contributed by atoms with van der Waals surface area (Å²) in [6.45, 7) is 3.29. The van der Waals surface area contributed by atoms with Crippen molar-refractivity contribution in [2.45, 2.75) is 20.1 Å². The summed E-state index contributed by atoms with van der Waals surface area (Å²) in [6.07, 6.45) is 0. The van der Waals surface area contributed by atoms with E-state index in [1.807, 2.05) is 26.1 Å². The lowest BCUT2D eigenvalue weighted by molar-refractivity contribution is -0.917. The van der Waals surface area contributed by atoms with Gasteiger partial charge in [-0.3, -0.25) is 0 Å². The van der Waals surface area contributed by atoms with Gasteiger partial charge >= 0.3 is 0 Å². The Morgan fingerprint density at radius 2 is 1.82 bits per heavy atom. The predicted molar refractivity (Wildman–Crippen MR) is 105 cm³/mol. The van der Waals surface area contributed by atoms with Crippen LogP contribution < -0.4 is 14.4 Å². The van der Waals surface area contributed by atoms with E-state index in [2.05, 4.69) is 10.4 Å². The summed E-state index contributed by atoms with van der Waals surface area (Å²) in [7, 11) is 5.29. The number of hydrogen-bond donors (Lipinski definition) is 1. The van der Waals surface area contributed by atoms with Crippen molar-refractivity contribution in [3.05, 3.63) is 58.1 Å². The van der Waals surface area contributed by atoms with E-state index in [0.717, 1.165) is 22.6 Å². The van der Waals surface area contributed by atoms with Crippen LogP contribution in [-0.4, -0.2) is 41.1 Å². The van der Waals surface area contributed by atoms with Crippen molar-refractivity contribution in [3.8, 4) is 17.2 Å². The zero-order valence-corrected chi connectivity index (χ0v) is 17.1. The minimum Gasteiger partial charge on any atom is -0.493 e. The summed E-state index contributed by atoms with van der Waals surface area (Å²) in [5.41, 5.74) is 2.80. The largest absolute Gasteiger partial charge is 0.493 e. The minimum atomic E-state index is -0.347. The van der Waals surface area contributed by atoms with Gasteiger partial charge in [0.1, 0.15) is 12.4 Å². The molecule has 0 aliphatic carbocycles. The Bertz CT molecular complexity index is 1030. The van der Waals surface area contributed by atoms with Crippen LogP contribution in [0.3, 0.4) is 0 Å². The number of nitrogens with one attached hydrogen (secondary N) is 1. The highest BCUT2D eigenvalue weighted by atomic mass is 32.1. The molecule has 0 bridgehead atoms. The molecule has 0 aliphatic heterocycles. The predicted octanol–water partition coefficient (Wildman–Crippen LogP) is 1.94. The molecule has 1 unspecified atom stereocenters. The molecule has 1 heterocycles. The van der Waals surface area contributed by atoms with E-state index in [1.54, 1.807) is 31.0 Å². The first kappa shape index (κ1) is 20.0. The summed E-state index contributed by atoms with van der Waals surface area (Å²) in [6, 6.07) is 10.1. The van der Waals surface area contributed by atoms with Gasteiger partial charge in [-0.2, -0.15) is 9.36 Å². The number of halogens is 1. The molecule has 1 aromatic heterocycles. The summed E-state index contributed by atoms with van der Waals surface area (Å²) in [5, 5.41) is 8.19. The van der Waals surface area contributed by atoms with Gasteiger partial charge in [-0.1, -0.05) is 6.07 Å². The van der Waals surface area contributed by atoms with Crippen molar-refractivity contribution >= 4 is 12.2 Å². The van der Waals surface area contributed by atoms with Gasteiger partial charge in [0.2, 0.25) is 4.77 Å². The van der Waals surface area contributed by atoms with Gasteiger partial charge in [0.05, 0.1) is 27.0 Å². The maximum atomic E-state index is 13.5. The maximum absolute atomic E-state index is 13.5. The number of nitrogens with zero attached hydrogens (tertiary/aromatic N) is 4. The number of quaternary nitrogens is 1. The van der Waals surface area contributed by atoms with Crippen LogP contribution in [0.15, 0.2) is 36.4 Å². The fourth-order valence-electron chi connectivity index (χ4n) is 2.99. The minimum absolute atomic E-state index is 0.347. The Labute approximate surface area is 167 Å². The fraction of sp³-hybridized carbons (Fsp3) is 0.316.